The Morgan fingerprint density at radius 1 is 1.33 bits per heavy atom. The molecule has 0 N–H and O–H groups in total. The molecule has 0 amide bonds. The van der Waals surface area contributed by atoms with Crippen LogP contribution in [0.2, 0.25) is 0 Å². The van der Waals surface area contributed by atoms with E-state index in [1.54, 1.807) is 0 Å². The molecular weight excluding hydrogens is 204 g/mol. The van der Waals surface area contributed by atoms with Crippen molar-refractivity contribution in [2.75, 3.05) is 38.8 Å². The molecule has 0 bridgehead atoms. The molecule has 1 fully saturated rings. The lowest BCUT2D eigenvalue weighted by Gasteiger charge is -2.34. The van der Waals surface area contributed by atoms with Gasteiger partial charge in [-0.25, -0.2) is 0 Å². The Morgan fingerprint density at radius 2 is 1.93 bits per heavy atom. The summed E-state index contributed by atoms with van der Waals surface area (Å²) in [6.45, 7) is 8.45. The third kappa shape index (κ3) is 4.75. The molecule has 1 aliphatic heterocycles. The van der Waals surface area contributed by atoms with Gasteiger partial charge in [-0.3, -0.25) is 4.90 Å². The lowest BCUT2D eigenvalue weighted by molar-refractivity contribution is 0.156. The lowest BCUT2D eigenvalue weighted by Crippen LogP contribution is -2.39. The fourth-order valence-corrected chi connectivity index (χ4v) is 2.72. The molecule has 1 saturated heterocycles. The van der Waals surface area contributed by atoms with E-state index in [1.807, 2.05) is 11.8 Å². The summed E-state index contributed by atoms with van der Waals surface area (Å²) < 4.78 is 0. The number of nitrogens with zero attached hydrogens (tertiary/aromatic N) is 2. The Hall–Kier alpha value is 0.270. The smallest absolute Gasteiger partial charge is 0.0441 e. The number of hydrogen-bond acceptors (Lipinski definition) is 3. The van der Waals surface area contributed by atoms with Gasteiger partial charge < -0.3 is 4.90 Å². The zero-order valence-corrected chi connectivity index (χ0v) is 11.5. The largest absolute Gasteiger partial charge is 0.304 e. The number of hydrogen-bond donors (Lipinski definition) is 0. The highest BCUT2D eigenvalue weighted by Crippen LogP contribution is 2.19. The summed E-state index contributed by atoms with van der Waals surface area (Å²) >= 11 is 1.94. The molecule has 3 heteroatoms. The molecule has 1 heterocycles. The van der Waals surface area contributed by atoms with Crippen molar-refractivity contribution >= 4 is 11.8 Å². The first-order valence-corrected chi connectivity index (χ1v) is 7.44. The van der Waals surface area contributed by atoms with Crippen molar-refractivity contribution in [1.29, 1.82) is 0 Å². The summed E-state index contributed by atoms with van der Waals surface area (Å²) in [5, 5.41) is 0. The van der Waals surface area contributed by atoms with Gasteiger partial charge in [-0.15, -0.1) is 11.8 Å². The van der Waals surface area contributed by atoms with Gasteiger partial charge in [0.15, 0.2) is 0 Å². The van der Waals surface area contributed by atoms with Crippen LogP contribution in [0.5, 0.6) is 0 Å². The van der Waals surface area contributed by atoms with E-state index in [1.165, 1.54) is 38.4 Å². The maximum Gasteiger partial charge on any atom is 0.0441 e. The second-order valence-electron chi connectivity index (χ2n) is 5.01. The van der Waals surface area contributed by atoms with Crippen molar-refractivity contribution in [3.05, 3.63) is 0 Å². The van der Waals surface area contributed by atoms with Crippen LogP contribution in [-0.2, 0) is 0 Å². The van der Waals surface area contributed by atoms with E-state index in [2.05, 4.69) is 37.0 Å². The monoisotopic (exact) mass is 230 g/mol. The summed E-state index contributed by atoms with van der Waals surface area (Å²) in [5.41, 5.74) is 0. The molecule has 90 valence electrons. The van der Waals surface area contributed by atoms with Crippen molar-refractivity contribution in [1.82, 2.24) is 9.80 Å². The van der Waals surface area contributed by atoms with Crippen molar-refractivity contribution in [2.24, 2.45) is 5.92 Å². The molecule has 0 aromatic heterocycles. The Balaban J connectivity index is 2.19. The van der Waals surface area contributed by atoms with Crippen LogP contribution in [0.25, 0.3) is 0 Å². The highest BCUT2D eigenvalue weighted by Gasteiger charge is 2.20. The molecule has 0 aliphatic carbocycles. The lowest BCUT2D eigenvalue weighted by atomic mass is 9.96. The quantitative estimate of drug-likeness (QED) is 0.716. The third-order valence-corrected chi connectivity index (χ3v) is 4.07. The Morgan fingerprint density at radius 3 is 2.40 bits per heavy atom. The first kappa shape index (κ1) is 13.3. The predicted molar refractivity (Wildman–Crippen MR) is 70.4 cm³/mol. The molecule has 0 radical (unpaired) electrons. The van der Waals surface area contributed by atoms with Crippen LogP contribution >= 0.6 is 11.8 Å². The topological polar surface area (TPSA) is 6.48 Å². The molecule has 0 aromatic rings. The first-order valence-electron chi connectivity index (χ1n) is 6.05. The molecule has 2 nitrogen and oxygen atoms in total. The highest BCUT2D eigenvalue weighted by molar-refractivity contribution is 7.98. The number of piperidine rings is 1. The zero-order chi connectivity index (χ0) is 11.3. The average Bonchev–Trinajstić information content (AvgIpc) is 2.21. The second-order valence-corrected chi connectivity index (χ2v) is 5.85. The van der Waals surface area contributed by atoms with Gasteiger partial charge in [-0.05, 0) is 59.0 Å². The van der Waals surface area contributed by atoms with Gasteiger partial charge in [0.2, 0.25) is 0 Å². The van der Waals surface area contributed by atoms with Crippen molar-refractivity contribution < 1.29 is 0 Å². The van der Waals surface area contributed by atoms with Gasteiger partial charge in [0, 0.05) is 18.5 Å². The molecule has 1 aliphatic rings. The van der Waals surface area contributed by atoms with E-state index in [4.69, 9.17) is 0 Å². The molecule has 0 aromatic carbocycles. The van der Waals surface area contributed by atoms with Crippen molar-refractivity contribution in [2.45, 2.75) is 32.7 Å². The summed E-state index contributed by atoms with van der Waals surface area (Å²) in [6, 6.07) is 0.689. The number of likely N-dealkylation sites (tertiary alicyclic amines) is 1. The fraction of sp³-hybridized carbons (Fsp3) is 1.00. The van der Waals surface area contributed by atoms with Crippen LogP contribution in [-0.4, -0.2) is 54.7 Å². The number of rotatable bonds is 5. The molecule has 0 spiro atoms. The maximum atomic E-state index is 2.58. The van der Waals surface area contributed by atoms with Gasteiger partial charge in [0.25, 0.3) is 0 Å². The predicted octanol–water partition coefficient (Wildman–Crippen LogP) is 2.36. The Bertz CT molecular complexity index is 165. The Kier molecular flexibility index (Phi) is 6.02. The Labute approximate surface area is 99.4 Å². The normalized spacial score (nSPS) is 20.4. The molecule has 0 saturated carbocycles. The van der Waals surface area contributed by atoms with Gasteiger partial charge in [0.1, 0.15) is 0 Å². The summed E-state index contributed by atoms with van der Waals surface area (Å²) in [5.74, 6) is 2.14. The third-order valence-electron chi connectivity index (χ3n) is 3.45. The van der Waals surface area contributed by atoms with E-state index < -0.39 is 0 Å². The van der Waals surface area contributed by atoms with Crippen LogP contribution in [0, 0.1) is 5.92 Å². The van der Waals surface area contributed by atoms with Gasteiger partial charge in [-0.2, -0.15) is 0 Å². The fourth-order valence-electron chi connectivity index (χ4n) is 2.10. The highest BCUT2D eigenvalue weighted by atomic mass is 32.2. The molecular formula is C12H26N2S. The summed E-state index contributed by atoms with van der Waals surface area (Å²) in [6.07, 6.45) is 4.97. The molecule has 0 atom stereocenters. The van der Waals surface area contributed by atoms with Crippen LogP contribution < -0.4 is 0 Å². The average molecular weight is 230 g/mol. The number of thioether (sulfide) groups is 1. The molecule has 15 heavy (non-hydrogen) atoms. The second kappa shape index (κ2) is 6.77. The SMILES string of the molecule is CSCN1CCC(CN(C)C(C)C)CC1. The van der Waals surface area contributed by atoms with Gasteiger partial charge in [0.05, 0.1) is 0 Å². The minimum Gasteiger partial charge on any atom is -0.304 e. The van der Waals surface area contributed by atoms with Crippen molar-refractivity contribution in [3.63, 3.8) is 0 Å². The van der Waals surface area contributed by atoms with Crippen molar-refractivity contribution in [3.8, 4) is 0 Å². The van der Waals surface area contributed by atoms with Gasteiger partial charge in [-0.1, -0.05) is 0 Å². The summed E-state index contributed by atoms with van der Waals surface area (Å²) in [7, 11) is 2.25. The summed E-state index contributed by atoms with van der Waals surface area (Å²) in [4.78, 5) is 5.06. The first-order chi connectivity index (χ1) is 7.13. The molecule has 0 unspecified atom stereocenters. The van der Waals surface area contributed by atoms with E-state index in [-0.39, 0.29) is 0 Å². The van der Waals surface area contributed by atoms with Crippen LogP contribution in [0.15, 0.2) is 0 Å². The minimum atomic E-state index is 0.689. The standard InChI is InChI=1S/C12H26N2S/c1-11(2)13(3)9-12-5-7-14(8-6-12)10-15-4/h11-12H,5-10H2,1-4H3. The maximum absolute atomic E-state index is 2.58. The van der Waals surface area contributed by atoms with E-state index >= 15 is 0 Å². The molecule has 1 rings (SSSR count). The van der Waals surface area contributed by atoms with E-state index in [9.17, 15) is 0 Å². The van der Waals surface area contributed by atoms with Gasteiger partial charge >= 0.3 is 0 Å². The van der Waals surface area contributed by atoms with Crippen LogP contribution in [0.3, 0.4) is 0 Å². The zero-order valence-electron chi connectivity index (χ0n) is 10.7. The van der Waals surface area contributed by atoms with Crippen LogP contribution in [0.4, 0.5) is 0 Å². The van der Waals surface area contributed by atoms with E-state index in [0.29, 0.717) is 6.04 Å². The minimum absolute atomic E-state index is 0.689. The van der Waals surface area contributed by atoms with Crippen LogP contribution in [0.1, 0.15) is 26.7 Å². The van der Waals surface area contributed by atoms with E-state index in [0.717, 1.165) is 5.92 Å².